The zero-order chi connectivity index (χ0) is 11.5. The van der Waals surface area contributed by atoms with Gasteiger partial charge in [0.1, 0.15) is 0 Å². The number of aryl methyl sites for hydroxylation is 1. The zero-order valence-corrected chi connectivity index (χ0v) is 9.94. The van der Waals surface area contributed by atoms with Crippen molar-refractivity contribution in [2.24, 2.45) is 5.92 Å². The Kier molecular flexibility index (Phi) is 3.22. The summed E-state index contributed by atoms with van der Waals surface area (Å²) in [6.45, 7) is 5.93. The lowest BCUT2D eigenvalue weighted by Gasteiger charge is -2.31. The molecule has 2 heterocycles. The molecule has 0 bridgehead atoms. The van der Waals surface area contributed by atoms with Crippen LogP contribution in [-0.4, -0.2) is 28.9 Å². The van der Waals surface area contributed by atoms with E-state index in [1.165, 1.54) is 6.42 Å². The molecule has 2 rings (SSSR count). The Labute approximate surface area is 96.5 Å². The highest BCUT2D eigenvalue weighted by atomic mass is 16.2. The van der Waals surface area contributed by atoms with Crippen LogP contribution < -0.4 is 0 Å². The van der Waals surface area contributed by atoms with Gasteiger partial charge in [-0.2, -0.15) is 0 Å². The summed E-state index contributed by atoms with van der Waals surface area (Å²) in [5, 5.41) is 0. The molecule has 1 aliphatic heterocycles. The van der Waals surface area contributed by atoms with Crippen LogP contribution in [0.1, 0.15) is 35.7 Å². The van der Waals surface area contributed by atoms with Gasteiger partial charge in [0.05, 0.1) is 0 Å². The first kappa shape index (κ1) is 11.1. The van der Waals surface area contributed by atoms with E-state index in [2.05, 4.69) is 11.9 Å². The quantitative estimate of drug-likeness (QED) is 0.724. The van der Waals surface area contributed by atoms with Crippen LogP contribution in [0.4, 0.5) is 0 Å². The smallest absolute Gasteiger partial charge is 0.254 e. The lowest BCUT2D eigenvalue weighted by atomic mass is 9.99. The van der Waals surface area contributed by atoms with Gasteiger partial charge in [0.25, 0.3) is 5.91 Å². The monoisotopic (exact) mass is 218 g/mol. The molecule has 0 aromatic carbocycles. The molecule has 0 radical (unpaired) electrons. The maximum Gasteiger partial charge on any atom is 0.254 e. The van der Waals surface area contributed by atoms with Gasteiger partial charge in [0.2, 0.25) is 0 Å². The van der Waals surface area contributed by atoms with E-state index in [0.29, 0.717) is 5.92 Å². The lowest BCUT2D eigenvalue weighted by Crippen LogP contribution is -2.39. The number of rotatable bonds is 1. The molecule has 0 spiro atoms. The van der Waals surface area contributed by atoms with Gasteiger partial charge in [-0.25, -0.2) is 0 Å². The third-order valence-electron chi connectivity index (χ3n) is 3.19. The average molecular weight is 218 g/mol. The summed E-state index contributed by atoms with van der Waals surface area (Å²) in [6.07, 6.45) is 5.80. The van der Waals surface area contributed by atoms with Gasteiger partial charge in [-0.1, -0.05) is 6.92 Å². The van der Waals surface area contributed by atoms with Gasteiger partial charge in [0, 0.05) is 31.0 Å². The highest BCUT2D eigenvalue weighted by Crippen LogP contribution is 2.18. The number of carbonyl (C=O) groups is 1. The van der Waals surface area contributed by atoms with Crippen LogP contribution in [0.2, 0.25) is 0 Å². The number of piperidine rings is 1. The van der Waals surface area contributed by atoms with E-state index < -0.39 is 0 Å². The van der Waals surface area contributed by atoms with Crippen molar-refractivity contribution in [2.45, 2.75) is 26.7 Å². The summed E-state index contributed by atoms with van der Waals surface area (Å²) in [5.41, 5.74) is 1.76. The number of hydrogen-bond acceptors (Lipinski definition) is 2. The minimum Gasteiger partial charge on any atom is -0.338 e. The minimum absolute atomic E-state index is 0.159. The number of likely N-dealkylation sites (tertiary alicyclic amines) is 1. The second-order valence-electron chi connectivity index (χ2n) is 4.69. The van der Waals surface area contributed by atoms with Crippen molar-refractivity contribution in [3.8, 4) is 0 Å². The predicted octanol–water partition coefficient (Wildman–Crippen LogP) is 2.26. The fourth-order valence-electron chi connectivity index (χ4n) is 2.26. The first-order valence-electron chi connectivity index (χ1n) is 5.88. The third-order valence-corrected chi connectivity index (χ3v) is 3.19. The van der Waals surface area contributed by atoms with Crippen molar-refractivity contribution < 1.29 is 4.79 Å². The fourth-order valence-corrected chi connectivity index (χ4v) is 2.26. The summed E-state index contributed by atoms with van der Waals surface area (Å²) < 4.78 is 0. The summed E-state index contributed by atoms with van der Waals surface area (Å²) >= 11 is 0. The number of pyridine rings is 1. The summed E-state index contributed by atoms with van der Waals surface area (Å²) in [4.78, 5) is 18.2. The highest BCUT2D eigenvalue weighted by molar-refractivity contribution is 5.95. The van der Waals surface area contributed by atoms with Crippen molar-refractivity contribution in [3.05, 3.63) is 29.6 Å². The summed E-state index contributed by atoms with van der Waals surface area (Å²) in [6, 6.07) is 1.82. The van der Waals surface area contributed by atoms with Crippen LogP contribution in [0.25, 0.3) is 0 Å². The molecule has 1 saturated heterocycles. The van der Waals surface area contributed by atoms with Crippen LogP contribution in [-0.2, 0) is 0 Å². The van der Waals surface area contributed by atoms with Crippen LogP contribution in [0.5, 0.6) is 0 Å². The molecule has 1 amide bonds. The van der Waals surface area contributed by atoms with Crippen molar-refractivity contribution in [3.63, 3.8) is 0 Å². The molecule has 1 fully saturated rings. The van der Waals surface area contributed by atoms with Crippen molar-refractivity contribution >= 4 is 5.91 Å². The molecular weight excluding hydrogens is 200 g/mol. The molecule has 3 nitrogen and oxygen atoms in total. The summed E-state index contributed by atoms with van der Waals surface area (Å²) in [5.74, 6) is 0.784. The van der Waals surface area contributed by atoms with Crippen LogP contribution in [0, 0.1) is 12.8 Å². The molecule has 0 aliphatic carbocycles. The van der Waals surface area contributed by atoms with Gasteiger partial charge in [0.15, 0.2) is 0 Å². The first-order valence-corrected chi connectivity index (χ1v) is 5.88. The normalized spacial score (nSPS) is 20.9. The molecule has 1 aromatic heterocycles. The highest BCUT2D eigenvalue weighted by Gasteiger charge is 2.22. The first-order chi connectivity index (χ1) is 7.68. The van der Waals surface area contributed by atoms with Crippen LogP contribution >= 0.6 is 0 Å². The Morgan fingerprint density at radius 2 is 2.38 bits per heavy atom. The Bertz CT molecular complexity index is 389. The Hall–Kier alpha value is -1.38. The van der Waals surface area contributed by atoms with E-state index in [1.807, 2.05) is 17.9 Å². The lowest BCUT2D eigenvalue weighted by molar-refractivity contribution is 0.0682. The Morgan fingerprint density at radius 1 is 1.56 bits per heavy atom. The molecule has 0 N–H and O–H groups in total. The van der Waals surface area contributed by atoms with E-state index in [4.69, 9.17) is 0 Å². The largest absolute Gasteiger partial charge is 0.338 e. The maximum absolute atomic E-state index is 12.3. The van der Waals surface area contributed by atoms with Gasteiger partial charge in [-0.15, -0.1) is 0 Å². The third kappa shape index (κ3) is 2.23. The maximum atomic E-state index is 12.3. The molecule has 1 unspecified atom stereocenters. The van der Waals surface area contributed by atoms with Crippen molar-refractivity contribution in [1.29, 1.82) is 0 Å². The Morgan fingerprint density at radius 3 is 3.06 bits per heavy atom. The molecule has 3 heteroatoms. The zero-order valence-electron chi connectivity index (χ0n) is 9.94. The van der Waals surface area contributed by atoms with Crippen molar-refractivity contribution in [1.82, 2.24) is 9.88 Å². The average Bonchev–Trinajstić information content (AvgIpc) is 2.29. The fraction of sp³-hybridized carbons (Fsp3) is 0.538. The number of aromatic nitrogens is 1. The minimum atomic E-state index is 0.159. The number of nitrogens with zero attached hydrogens (tertiary/aromatic N) is 2. The predicted molar refractivity (Wildman–Crippen MR) is 63.3 cm³/mol. The van der Waals surface area contributed by atoms with E-state index in [0.717, 1.165) is 30.6 Å². The summed E-state index contributed by atoms with van der Waals surface area (Å²) in [7, 11) is 0. The Balaban J connectivity index is 2.16. The number of carbonyl (C=O) groups excluding carboxylic acids is 1. The molecule has 16 heavy (non-hydrogen) atoms. The van der Waals surface area contributed by atoms with Gasteiger partial charge in [-0.3, -0.25) is 9.78 Å². The molecular formula is C13H18N2O. The van der Waals surface area contributed by atoms with Crippen LogP contribution in [0.15, 0.2) is 18.5 Å². The molecule has 1 atom stereocenters. The van der Waals surface area contributed by atoms with Crippen LogP contribution in [0.3, 0.4) is 0 Å². The number of amides is 1. The molecule has 1 aromatic rings. The van der Waals surface area contributed by atoms with Crippen molar-refractivity contribution in [2.75, 3.05) is 13.1 Å². The molecule has 0 saturated carbocycles. The van der Waals surface area contributed by atoms with E-state index in [-0.39, 0.29) is 5.91 Å². The standard InChI is InChI=1S/C13H18N2O/c1-10-4-3-7-15(9-10)13(16)12-5-6-14-8-11(12)2/h5-6,8,10H,3-4,7,9H2,1-2H3. The second-order valence-corrected chi connectivity index (χ2v) is 4.69. The topological polar surface area (TPSA) is 33.2 Å². The van der Waals surface area contributed by atoms with Gasteiger partial charge < -0.3 is 4.90 Å². The van der Waals surface area contributed by atoms with Gasteiger partial charge in [-0.05, 0) is 37.3 Å². The van der Waals surface area contributed by atoms with E-state index >= 15 is 0 Å². The number of hydrogen-bond donors (Lipinski definition) is 0. The molecule has 86 valence electrons. The van der Waals surface area contributed by atoms with E-state index in [1.54, 1.807) is 12.4 Å². The molecule has 1 aliphatic rings. The second kappa shape index (κ2) is 4.64. The van der Waals surface area contributed by atoms with Gasteiger partial charge >= 0.3 is 0 Å². The van der Waals surface area contributed by atoms with E-state index in [9.17, 15) is 4.79 Å². The SMILES string of the molecule is Cc1cnccc1C(=O)N1CCCC(C)C1.